The predicted molar refractivity (Wildman–Crippen MR) is 59.1 cm³/mol. The van der Waals surface area contributed by atoms with Gasteiger partial charge in [0, 0.05) is 6.20 Å². The third-order valence-electron chi connectivity index (χ3n) is 1.95. The number of anilines is 1. The van der Waals surface area contributed by atoms with E-state index in [1.807, 2.05) is 0 Å². The third-order valence-corrected chi connectivity index (χ3v) is 3.19. The van der Waals surface area contributed by atoms with E-state index in [1.54, 1.807) is 13.0 Å². The number of carbonyl (C=O) groups excluding carboxylic acids is 1. The fourth-order valence-electron chi connectivity index (χ4n) is 1.29. The van der Waals surface area contributed by atoms with Crippen molar-refractivity contribution in [1.29, 1.82) is 0 Å². The van der Waals surface area contributed by atoms with E-state index in [1.165, 1.54) is 12.3 Å². The highest BCUT2D eigenvalue weighted by molar-refractivity contribution is 7.90. The van der Waals surface area contributed by atoms with Gasteiger partial charge in [-0.15, -0.1) is 4.40 Å². The number of hydrogen-bond acceptors (Lipinski definition) is 6. The molecule has 0 amide bonds. The Kier molecular flexibility index (Phi) is 2.80. The van der Waals surface area contributed by atoms with E-state index >= 15 is 0 Å². The summed E-state index contributed by atoms with van der Waals surface area (Å²) in [6.45, 7) is 1.75. The summed E-state index contributed by atoms with van der Waals surface area (Å²) in [6, 6.07) is 3.04. The molecule has 90 valence electrons. The molecule has 1 aromatic heterocycles. The summed E-state index contributed by atoms with van der Waals surface area (Å²) in [4.78, 5) is 15.1. The van der Waals surface area contributed by atoms with Crippen LogP contribution in [-0.2, 0) is 19.6 Å². The predicted octanol–water partition coefficient (Wildman–Crippen LogP) is 0.157. The molecule has 0 atom stereocenters. The lowest BCUT2D eigenvalue weighted by molar-refractivity contribution is -0.135. The maximum atomic E-state index is 11.7. The average Bonchev–Trinajstić information content (AvgIpc) is 2.28. The lowest BCUT2D eigenvalue weighted by Gasteiger charge is -2.15. The second kappa shape index (κ2) is 4.13. The molecular formula is C9H9N3O4S. The summed E-state index contributed by atoms with van der Waals surface area (Å²) in [6.07, 6.45) is 1.34. The van der Waals surface area contributed by atoms with Crippen LogP contribution in [-0.4, -0.2) is 31.8 Å². The fraction of sp³-hybridized carbons (Fsp3) is 0.222. The first-order valence-corrected chi connectivity index (χ1v) is 6.22. The highest BCUT2D eigenvalue weighted by Crippen LogP contribution is 2.24. The number of aromatic nitrogens is 1. The monoisotopic (exact) mass is 255 g/mol. The van der Waals surface area contributed by atoms with Crippen LogP contribution in [0.1, 0.15) is 6.92 Å². The number of rotatable bonds is 2. The number of sulfonamides is 1. The van der Waals surface area contributed by atoms with Gasteiger partial charge in [-0.05, 0) is 19.1 Å². The number of fused-ring (bicyclic) bond motifs is 1. The Balaban J connectivity index is 2.45. The highest BCUT2D eigenvalue weighted by atomic mass is 32.2. The van der Waals surface area contributed by atoms with Gasteiger partial charge in [0.1, 0.15) is 0 Å². The molecule has 0 aliphatic carbocycles. The van der Waals surface area contributed by atoms with Gasteiger partial charge in [0.05, 0.1) is 12.3 Å². The molecule has 0 bridgehead atoms. The van der Waals surface area contributed by atoms with Crippen LogP contribution in [0.25, 0.3) is 0 Å². The molecule has 0 radical (unpaired) electrons. The minimum atomic E-state index is -3.94. The van der Waals surface area contributed by atoms with Crippen molar-refractivity contribution >= 4 is 27.5 Å². The Morgan fingerprint density at radius 3 is 3.00 bits per heavy atom. The van der Waals surface area contributed by atoms with Crippen LogP contribution in [0.4, 0.5) is 5.69 Å². The molecule has 0 unspecified atom stereocenters. The summed E-state index contributed by atoms with van der Waals surface area (Å²) in [7, 11) is -3.94. The van der Waals surface area contributed by atoms with E-state index in [-0.39, 0.29) is 23.2 Å². The Hall–Kier alpha value is -1.96. The van der Waals surface area contributed by atoms with E-state index in [9.17, 15) is 13.2 Å². The van der Waals surface area contributed by atoms with Crippen LogP contribution in [0.15, 0.2) is 27.8 Å². The molecule has 0 spiro atoms. The number of pyridine rings is 1. The summed E-state index contributed by atoms with van der Waals surface area (Å²) >= 11 is 0. The van der Waals surface area contributed by atoms with E-state index < -0.39 is 16.0 Å². The lowest BCUT2D eigenvalue weighted by Crippen LogP contribution is -2.30. The van der Waals surface area contributed by atoms with E-state index in [0.717, 1.165) is 0 Å². The molecule has 1 N–H and O–H groups in total. The molecule has 8 heteroatoms. The van der Waals surface area contributed by atoms with E-state index in [0.29, 0.717) is 0 Å². The number of amidine groups is 1. The van der Waals surface area contributed by atoms with Crippen LogP contribution >= 0.6 is 0 Å². The first-order chi connectivity index (χ1) is 8.04. The van der Waals surface area contributed by atoms with Gasteiger partial charge in [-0.1, -0.05) is 0 Å². The maximum absolute atomic E-state index is 11.7. The van der Waals surface area contributed by atoms with Crippen molar-refractivity contribution in [3.63, 3.8) is 0 Å². The van der Waals surface area contributed by atoms with Gasteiger partial charge in [0.15, 0.2) is 0 Å². The number of ether oxygens (including phenoxy) is 1. The number of carbonyl (C=O) groups is 1. The van der Waals surface area contributed by atoms with Crippen LogP contribution in [0, 0.1) is 0 Å². The van der Waals surface area contributed by atoms with E-state index in [2.05, 4.69) is 19.4 Å². The zero-order valence-corrected chi connectivity index (χ0v) is 9.69. The topological polar surface area (TPSA) is 97.7 Å². The summed E-state index contributed by atoms with van der Waals surface area (Å²) in [5, 5.41) is 2.37. The van der Waals surface area contributed by atoms with Gasteiger partial charge in [-0.25, -0.2) is 9.78 Å². The molecular weight excluding hydrogens is 246 g/mol. The summed E-state index contributed by atoms with van der Waals surface area (Å²) in [5.74, 6) is -1.17. The van der Waals surface area contributed by atoms with Crippen molar-refractivity contribution in [1.82, 2.24) is 4.98 Å². The van der Waals surface area contributed by atoms with Crippen LogP contribution < -0.4 is 5.32 Å². The maximum Gasteiger partial charge on any atom is 0.375 e. The molecule has 2 heterocycles. The zero-order chi connectivity index (χ0) is 12.5. The standard InChI is InChI=1S/C9H9N3O4S/c1-2-16-9(13)7-11-6-4-3-5-10-8(6)17(14,15)12-7/h3-5H,2H2,1H3,(H,11,12). The van der Waals surface area contributed by atoms with E-state index in [4.69, 9.17) is 0 Å². The molecule has 17 heavy (non-hydrogen) atoms. The Bertz CT molecular complexity index is 594. The molecule has 1 aromatic rings. The van der Waals surface area contributed by atoms with Crippen molar-refractivity contribution in [2.45, 2.75) is 11.9 Å². The Morgan fingerprint density at radius 1 is 1.53 bits per heavy atom. The quantitative estimate of drug-likeness (QED) is 0.756. The first-order valence-electron chi connectivity index (χ1n) is 4.78. The highest BCUT2D eigenvalue weighted by Gasteiger charge is 2.29. The van der Waals surface area contributed by atoms with Gasteiger partial charge in [-0.2, -0.15) is 8.42 Å². The van der Waals surface area contributed by atoms with Crippen molar-refractivity contribution in [3.8, 4) is 0 Å². The number of hydrogen-bond donors (Lipinski definition) is 1. The van der Waals surface area contributed by atoms with Gasteiger partial charge < -0.3 is 10.1 Å². The molecule has 1 aliphatic rings. The van der Waals surface area contributed by atoms with Gasteiger partial charge >= 0.3 is 16.0 Å². The van der Waals surface area contributed by atoms with Crippen molar-refractivity contribution in [2.24, 2.45) is 4.40 Å². The molecule has 0 saturated heterocycles. The zero-order valence-electron chi connectivity index (χ0n) is 8.87. The molecule has 2 rings (SSSR count). The molecule has 0 saturated carbocycles. The first kappa shape index (κ1) is 11.5. The number of nitrogens with zero attached hydrogens (tertiary/aromatic N) is 2. The molecule has 7 nitrogen and oxygen atoms in total. The normalized spacial score (nSPS) is 16.4. The molecule has 0 fully saturated rings. The van der Waals surface area contributed by atoms with Gasteiger partial charge in [0.2, 0.25) is 10.9 Å². The summed E-state index contributed by atoms with van der Waals surface area (Å²) in [5.41, 5.74) is 0.213. The minimum absolute atomic E-state index is 0.138. The van der Waals surface area contributed by atoms with Crippen molar-refractivity contribution in [3.05, 3.63) is 18.3 Å². The largest absolute Gasteiger partial charge is 0.460 e. The van der Waals surface area contributed by atoms with Gasteiger partial charge in [0.25, 0.3) is 0 Å². The average molecular weight is 255 g/mol. The minimum Gasteiger partial charge on any atom is -0.460 e. The second-order valence-corrected chi connectivity index (χ2v) is 4.64. The van der Waals surface area contributed by atoms with Crippen LogP contribution in [0.5, 0.6) is 0 Å². The number of esters is 1. The molecule has 0 aromatic carbocycles. The van der Waals surface area contributed by atoms with Crippen molar-refractivity contribution < 1.29 is 17.9 Å². The van der Waals surface area contributed by atoms with Crippen LogP contribution in [0.2, 0.25) is 0 Å². The smallest absolute Gasteiger partial charge is 0.375 e. The Morgan fingerprint density at radius 2 is 2.29 bits per heavy atom. The summed E-state index contributed by atoms with van der Waals surface area (Å²) < 4.78 is 31.4. The molecule has 1 aliphatic heterocycles. The van der Waals surface area contributed by atoms with Gasteiger partial charge in [-0.3, -0.25) is 0 Å². The lowest BCUT2D eigenvalue weighted by atomic mass is 10.4. The van der Waals surface area contributed by atoms with Crippen molar-refractivity contribution in [2.75, 3.05) is 11.9 Å². The van der Waals surface area contributed by atoms with Crippen LogP contribution in [0.3, 0.4) is 0 Å². The second-order valence-electron chi connectivity index (χ2n) is 3.12. The Labute approximate surface area is 97.6 Å². The third kappa shape index (κ3) is 2.11. The SMILES string of the molecule is CCOC(=O)C1=NS(=O)(=O)c2ncccc2N1. The number of nitrogens with one attached hydrogen (secondary N) is 1. The fourth-order valence-corrected chi connectivity index (χ4v) is 2.33.